The van der Waals surface area contributed by atoms with Gasteiger partial charge < -0.3 is 36.8 Å². The third-order valence-corrected chi connectivity index (χ3v) is 7.68. The number of carbonyl (C=O) groups is 2. The minimum atomic E-state index is -5.08. The number of esters is 1. The van der Waals surface area contributed by atoms with Gasteiger partial charge in [-0.3, -0.25) is 9.13 Å². The minimum absolute atomic E-state index is 0.357. The topological polar surface area (TPSA) is 142 Å². The average Bonchev–Trinajstić information content (AvgIpc) is 2.96. The number of hydrogen-bond acceptors (Lipinski definition) is 12. The number of methoxy groups -OCH3 is 1. The molecule has 1 aliphatic heterocycles. The molecule has 1 aliphatic rings. The van der Waals surface area contributed by atoms with Gasteiger partial charge in [0, 0.05) is 0 Å². The zero-order valence-corrected chi connectivity index (χ0v) is 18.7. The van der Waals surface area contributed by atoms with Gasteiger partial charge in [0.2, 0.25) is 0 Å². The van der Waals surface area contributed by atoms with Gasteiger partial charge in [-0.15, -0.1) is 0 Å². The Bertz CT molecular complexity index is 706. The number of rotatable bonds is 13. The number of carbonyl (C=O) groups excluding carboxylic acids is 2. The second-order valence-electron chi connectivity index (χ2n) is 5.21. The normalized spacial score (nSPS) is 22.0. The number of alkyl halides is 2. The molecule has 0 aromatic heterocycles. The summed E-state index contributed by atoms with van der Waals surface area (Å²) in [4.78, 5) is 24.0. The Balaban J connectivity index is 3.31. The maximum Gasteiger partial charge on any atom is 0.721 e. The summed E-state index contributed by atoms with van der Waals surface area (Å²) in [5, 5.41) is 0. The Morgan fingerprint density at radius 2 is 1.53 bits per heavy atom. The van der Waals surface area contributed by atoms with E-state index in [2.05, 4.69) is 18.7 Å². The molecule has 0 N–H and O–H groups in total. The molecule has 0 spiro atoms. The number of halogens is 2. The maximum atomic E-state index is 15.5. The summed E-state index contributed by atoms with van der Waals surface area (Å²) >= 11 is 0. The van der Waals surface area contributed by atoms with Crippen molar-refractivity contribution >= 4 is 34.5 Å². The van der Waals surface area contributed by atoms with Gasteiger partial charge in [-0.05, 0) is 27.7 Å². The van der Waals surface area contributed by atoms with E-state index in [-0.39, 0.29) is 13.2 Å². The van der Waals surface area contributed by atoms with Crippen LogP contribution in [-0.4, -0.2) is 64.0 Å². The van der Waals surface area contributed by atoms with Crippen LogP contribution in [0.5, 0.6) is 0 Å². The molecule has 1 saturated heterocycles. The lowest BCUT2D eigenvalue weighted by Gasteiger charge is -2.30. The molecule has 2 unspecified atom stereocenters. The summed E-state index contributed by atoms with van der Waals surface area (Å²) < 4.78 is 92.7. The van der Waals surface area contributed by atoms with Gasteiger partial charge in [-0.1, -0.05) is 0 Å². The van der Waals surface area contributed by atoms with E-state index in [9.17, 15) is 18.7 Å². The maximum absolute atomic E-state index is 15.5. The highest BCUT2D eigenvalue weighted by Gasteiger charge is 2.73. The second-order valence-corrected chi connectivity index (χ2v) is 9.38. The smallest absolute Gasteiger partial charge is 0.480 e. The van der Waals surface area contributed by atoms with Crippen LogP contribution in [0.3, 0.4) is 0 Å². The fourth-order valence-electron chi connectivity index (χ4n) is 2.15. The van der Waals surface area contributed by atoms with Crippen LogP contribution >= 0.6 is 15.2 Å². The summed E-state index contributed by atoms with van der Waals surface area (Å²) in [6.07, 6.45) is 0. The van der Waals surface area contributed by atoms with Crippen molar-refractivity contribution in [2.24, 2.45) is 0 Å². The second kappa shape index (κ2) is 10.6. The minimum Gasteiger partial charge on any atom is -0.480 e. The van der Waals surface area contributed by atoms with Gasteiger partial charge in [0.1, 0.15) is 0 Å². The van der Waals surface area contributed by atoms with Gasteiger partial charge in [-0.25, -0.2) is 9.59 Å². The quantitative estimate of drug-likeness (QED) is 0.216. The molecule has 0 amide bonds. The molecule has 2 atom stereocenters. The van der Waals surface area contributed by atoms with Crippen LogP contribution in [0.15, 0.2) is 0 Å². The Morgan fingerprint density at radius 1 is 1.07 bits per heavy atom. The van der Waals surface area contributed by atoms with E-state index in [0.29, 0.717) is 0 Å². The molecule has 30 heavy (non-hydrogen) atoms. The zero-order chi connectivity index (χ0) is 23.2. The highest BCUT2D eigenvalue weighted by molar-refractivity contribution is 7.56. The summed E-state index contributed by atoms with van der Waals surface area (Å²) in [7, 11) is -12.0. The van der Waals surface area contributed by atoms with Gasteiger partial charge in [-0.2, -0.15) is 8.78 Å². The molecule has 0 aromatic rings. The monoisotopic (exact) mass is 482 g/mol. The van der Waals surface area contributed by atoms with E-state index >= 15 is 8.78 Å². The van der Waals surface area contributed by atoms with Gasteiger partial charge in [0.15, 0.2) is 0 Å². The van der Waals surface area contributed by atoms with Crippen molar-refractivity contribution in [1.29, 1.82) is 0 Å². The molecule has 0 aliphatic carbocycles. The predicted molar refractivity (Wildman–Crippen MR) is 95.4 cm³/mol. The molecule has 174 valence electrons. The SMILES string of the molecule is CCOP(=O)(OCC)C(F)(OB1OC(=O)C(F)(P(=O)(OCC)OCC)O1)C(=O)OC. The molecule has 17 heteroatoms. The Hall–Kier alpha value is -0.915. The number of hydrogen-bond donors (Lipinski definition) is 0. The largest absolute Gasteiger partial charge is 0.721 e. The lowest BCUT2D eigenvalue weighted by Crippen LogP contribution is -2.45. The van der Waals surface area contributed by atoms with Gasteiger partial charge >= 0.3 is 45.6 Å². The van der Waals surface area contributed by atoms with Crippen LogP contribution in [0.25, 0.3) is 0 Å². The van der Waals surface area contributed by atoms with Crippen molar-refractivity contribution in [3.63, 3.8) is 0 Å². The van der Waals surface area contributed by atoms with E-state index in [1.54, 1.807) is 0 Å². The molecular weight excluding hydrogens is 459 g/mol. The number of ether oxygens (including phenoxy) is 1. The van der Waals surface area contributed by atoms with Crippen molar-refractivity contribution in [2.45, 2.75) is 38.9 Å². The van der Waals surface area contributed by atoms with Crippen LogP contribution in [0.1, 0.15) is 27.7 Å². The van der Waals surface area contributed by atoms with Crippen LogP contribution in [0.4, 0.5) is 8.78 Å². The van der Waals surface area contributed by atoms with E-state index in [1.807, 2.05) is 0 Å². The summed E-state index contributed by atoms with van der Waals surface area (Å²) in [5.74, 6) is -3.87. The molecule has 1 rings (SSSR count). The first-order chi connectivity index (χ1) is 13.9. The van der Waals surface area contributed by atoms with Crippen LogP contribution in [-0.2, 0) is 55.5 Å². The molecule has 12 nitrogen and oxygen atoms in total. The average molecular weight is 482 g/mol. The van der Waals surface area contributed by atoms with Crippen LogP contribution in [0.2, 0.25) is 0 Å². The summed E-state index contributed by atoms with van der Waals surface area (Å²) in [6, 6.07) is 0. The molecule has 1 fully saturated rings. The Morgan fingerprint density at radius 3 is 1.93 bits per heavy atom. The predicted octanol–water partition coefficient (Wildman–Crippen LogP) is 2.51. The Labute approximate surface area is 172 Å². The van der Waals surface area contributed by atoms with Crippen molar-refractivity contribution in [2.75, 3.05) is 33.5 Å². The third kappa shape index (κ3) is 4.94. The van der Waals surface area contributed by atoms with Crippen LogP contribution < -0.4 is 0 Å². The van der Waals surface area contributed by atoms with E-state index in [4.69, 9.17) is 18.1 Å². The third-order valence-electron chi connectivity index (χ3n) is 3.30. The van der Waals surface area contributed by atoms with Gasteiger partial charge in [0.05, 0.1) is 33.5 Å². The lowest BCUT2D eigenvalue weighted by atomic mass is 10.2. The standard InChI is InChI=1S/C13H23BF2O12P2/c1-6-22-29(19,23-7-2)12(15,10(17)21-5)27-14-26-11(18)13(16,28-14)30(20,24-8-3)25-9-4/h6-9H2,1-5H3. The molecular formula is C13H23BF2O12P2. The fourth-order valence-corrected chi connectivity index (χ4v) is 5.34. The lowest BCUT2D eigenvalue weighted by molar-refractivity contribution is -0.170. The molecule has 0 aromatic carbocycles. The van der Waals surface area contributed by atoms with Crippen molar-refractivity contribution < 1.29 is 64.3 Å². The van der Waals surface area contributed by atoms with E-state index < -0.39 is 58.9 Å². The molecule has 0 saturated carbocycles. The molecule has 1 heterocycles. The van der Waals surface area contributed by atoms with Crippen molar-refractivity contribution in [3.8, 4) is 0 Å². The van der Waals surface area contributed by atoms with E-state index in [1.165, 1.54) is 27.7 Å². The highest BCUT2D eigenvalue weighted by Crippen LogP contribution is 2.65. The first kappa shape index (κ1) is 27.1. The summed E-state index contributed by atoms with van der Waals surface area (Å²) in [6.45, 7) is 3.76. The first-order valence-corrected chi connectivity index (χ1v) is 11.8. The zero-order valence-electron chi connectivity index (χ0n) is 17.0. The summed E-state index contributed by atoms with van der Waals surface area (Å²) in [5.41, 5.74) is -7.90. The first-order valence-electron chi connectivity index (χ1n) is 8.74. The Kier molecular flexibility index (Phi) is 9.58. The molecule has 0 radical (unpaired) electrons. The fraction of sp³-hybridized carbons (Fsp3) is 0.846. The van der Waals surface area contributed by atoms with Gasteiger partial charge in [0.25, 0.3) is 0 Å². The van der Waals surface area contributed by atoms with Crippen molar-refractivity contribution in [1.82, 2.24) is 0 Å². The van der Waals surface area contributed by atoms with Crippen molar-refractivity contribution in [3.05, 3.63) is 0 Å². The van der Waals surface area contributed by atoms with E-state index in [0.717, 1.165) is 7.11 Å². The van der Waals surface area contributed by atoms with Crippen LogP contribution in [0, 0.1) is 0 Å². The molecule has 0 bridgehead atoms. The highest BCUT2D eigenvalue weighted by atomic mass is 31.2.